The van der Waals surface area contributed by atoms with Crippen molar-refractivity contribution in [2.45, 2.75) is 19.3 Å². The van der Waals surface area contributed by atoms with Crippen LogP contribution in [0.3, 0.4) is 0 Å². The molecule has 0 spiro atoms. The van der Waals surface area contributed by atoms with Crippen molar-refractivity contribution < 1.29 is 13.2 Å². The summed E-state index contributed by atoms with van der Waals surface area (Å²) in [7, 11) is -3.16. The number of aromatic nitrogens is 2. The smallest absolute Gasteiger partial charge is 0.211 e. The van der Waals surface area contributed by atoms with Gasteiger partial charge in [0.1, 0.15) is 6.33 Å². The Balaban J connectivity index is 1.98. The van der Waals surface area contributed by atoms with E-state index in [1.54, 1.807) is 0 Å². The number of carbonyl (C=O) groups is 1. The van der Waals surface area contributed by atoms with Gasteiger partial charge < -0.3 is 0 Å². The Morgan fingerprint density at radius 3 is 2.74 bits per heavy atom. The largest absolute Gasteiger partial charge is 0.294 e. The number of ketones is 1. The molecule has 1 unspecified atom stereocenters. The average Bonchev–Trinajstić information content (AvgIpc) is 2.39. The van der Waals surface area contributed by atoms with Crippen molar-refractivity contribution in [3.63, 3.8) is 0 Å². The van der Waals surface area contributed by atoms with E-state index < -0.39 is 10.0 Å². The third-order valence-electron chi connectivity index (χ3n) is 3.31. The SMILES string of the molecule is CS(=O)(=O)N1CCCC(CC(=O)c2cncnc2)C1. The Morgan fingerprint density at radius 2 is 2.11 bits per heavy atom. The molecule has 6 nitrogen and oxygen atoms in total. The van der Waals surface area contributed by atoms with Crippen LogP contribution in [-0.4, -0.2) is 47.8 Å². The fourth-order valence-corrected chi connectivity index (χ4v) is 3.26. The zero-order valence-corrected chi connectivity index (χ0v) is 11.6. The maximum absolute atomic E-state index is 12.0. The Hall–Kier alpha value is -1.34. The maximum atomic E-state index is 12.0. The normalized spacial score (nSPS) is 21.2. The molecule has 1 aromatic rings. The van der Waals surface area contributed by atoms with Crippen LogP contribution in [0.4, 0.5) is 0 Å². The highest BCUT2D eigenvalue weighted by Gasteiger charge is 2.27. The number of hydrogen-bond acceptors (Lipinski definition) is 5. The van der Waals surface area contributed by atoms with Crippen LogP contribution in [0, 0.1) is 5.92 Å². The molecule has 0 N–H and O–H groups in total. The summed E-state index contributed by atoms with van der Waals surface area (Å²) in [4.78, 5) is 19.7. The summed E-state index contributed by atoms with van der Waals surface area (Å²) in [6.45, 7) is 0.982. The maximum Gasteiger partial charge on any atom is 0.211 e. The minimum Gasteiger partial charge on any atom is -0.294 e. The molecule has 1 atom stereocenters. The highest BCUT2D eigenvalue weighted by Crippen LogP contribution is 2.22. The second kappa shape index (κ2) is 5.75. The van der Waals surface area contributed by atoms with E-state index in [1.165, 1.54) is 29.3 Å². The summed E-state index contributed by atoms with van der Waals surface area (Å²) in [6.07, 6.45) is 7.60. The van der Waals surface area contributed by atoms with Crippen LogP contribution < -0.4 is 0 Å². The van der Waals surface area contributed by atoms with E-state index in [0.29, 0.717) is 25.1 Å². The van der Waals surface area contributed by atoms with E-state index in [0.717, 1.165) is 12.8 Å². The lowest BCUT2D eigenvalue weighted by molar-refractivity contribution is 0.0941. The summed E-state index contributed by atoms with van der Waals surface area (Å²) in [5.41, 5.74) is 0.485. The number of rotatable bonds is 4. The molecule has 7 heteroatoms. The van der Waals surface area contributed by atoms with Crippen LogP contribution in [0.5, 0.6) is 0 Å². The van der Waals surface area contributed by atoms with Gasteiger partial charge in [-0.3, -0.25) is 4.79 Å². The molecule has 1 aliphatic rings. The monoisotopic (exact) mass is 283 g/mol. The lowest BCUT2D eigenvalue weighted by Crippen LogP contribution is -2.39. The van der Waals surface area contributed by atoms with E-state index in [1.807, 2.05) is 0 Å². The number of carbonyl (C=O) groups excluding carboxylic acids is 1. The van der Waals surface area contributed by atoms with E-state index in [2.05, 4.69) is 9.97 Å². The van der Waals surface area contributed by atoms with E-state index in [-0.39, 0.29) is 11.7 Å². The Labute approximate surface area is 112 Å². The second-order valence-corrected chi connectivity index (χ2v) is 6.87. The summed E-state index contributed by atoms with van der Waals surface area (Å²) in [5, 5.41) is 0. The van der Waals surface area contributed by atoms with Crippen molar-refractivity contribution in [2.24, 2.45) is 5.92 Å². The van der Waals surface area contributed by atoms with Crippen molar-refractivity contribution >= 4 is 15.8 Å². The first kappa shape index (κ1) is 14.1. The predicted molar refractivity (Wildman–Crippen MR) is 70.1 cm³/mol. The Morgan fingerprint density at radius 1 is 1.42 bits per heavy atom. The standard InChI is InChI=1S/C12H17N3O3S/c1-19(17,18)15-4-2-3-10(8-15)5-12(16)11-6-13-9-14-7-11/h6-7,9-10H,2-5,8H2,1H3. The summed E-state index contributed by atoms with van der Waals surface area (Å²) in [5.74, 6) is 0.0529. The van der Waals surface area contributed by atoms with Gasteiger partial charge in [0.05, 0.1) is 11.8 Å². The predicted octanol–water partition coefficient (Wildman–Crippen LogP) is 0.721. The lowest BCUT2D eigenvalue weighted by Gasteiger charge is -2.30. The molecule has 1 aliphatic heterocycles. The topological polar surface area (TPSA) is 80.2 Å². The first-order valence-corrected chi connectivity index (χ1v) is 8.05. The zero-order valence-electron chi connectivity index (χ0n) is 10.8. The van der Waals surface area contributed by atoms with E-state index in [4.69, 9.17) is 0 Å². The van der Waals surface area contributed by atoms with Gasteiger partial charge in [0, 0.05) is 31.9 Å². The first-order chi connectivity index (χ1) is 8.97. The van der Waals surface area contributed by atoms with Gasteiger partial charge in [-0.1, -0.05) is 0 Å². The molecule has 0 aliphatic carbocycles. The first-order valence-electron chi connectivity index (χ1n) is 6.20. The molecule has 1 fully saturated rings. The minimum atomic E-state index is -3.16. The fraction of sp³-hybridized carbons (Fsp3) is 0.583. The summed E-state index contributed by atoms with van der Waals surface area (Å²) in [6, 6.07) is 0. The molecule has 2 heterocycles. The summed E-state index contributed by atoms with van der Waals surface area (Å²) >= 11 is 0. The van der Waals surface area contributed by atoms with Crippen LogP contribution in [-0.2, 0) is 10.0 Å². The molecular formula is C12H17N3O3S. The van der Waals surface area contributed by atoms with Gasteiger partial charge in [-0.2, -0.15) is 0 Å². The molecule has 1 saturated heterocycles. The van der Waals surface area contributed by atoms with Crippen LogP contribution in [0.2, 0.25) is 0 Å². The van der Waals surface area contributed by atoms with Gasteiger partial charge in [-0.15, -0.1) is 0 Å². The van der Waals surface area contributed by atoms with Crippen molar-refractivity contribution in [3.05, 3.63) is 24.3 Å². The van der Waals surface area contributed by atoms with E-state index in [9.17, 15) is 13.2 Å². The molecule has 104 valence electrons. The Bertz CT molecular complexity index is 545. The highest BCUT2D eigenvalue weighted by atomic mass is 32.2. The highest BCUT2D eigenvalue weighted by molar-refractivity contribution is 7.88. The van der Waals surface area contributed by atoms with Crippen molar-refractivity contribution in [2.75, 3.05) is 19.3 Å². The zero-order chi connectivity index (χ0) is 13.9. The molecule has 2 rings (SSSR count). The van der Waals surface area contributed by atoms with Crippen molar-refractivity contribution in [1.82, 2.24) is 14.3 Å². The van der Waals surface area contributed by atoms with Gasteiger partial charge in [-0.25, -0.2) is 22.7 Å². The molecule has 1 aromatic heterocycles. The fourth-order valence-electron chi connectivity index (χ4n) is 2.32. The molecule has 0 radical (unpaired) electrons. The van der Waals surface area contributed by atoms with Crippen molar-refractivity contribution in [1.29, 1.82) is 0 Å². The van der Waals surface area contributed by atoms with E-state index >= 15 is 0 Å². The minimum absolute atomic E-state index is 0.0269. The van der Waals surface area contributed by atoms with Crippen molar-refractivity contribution in [3.8, 4) is 0 Å². The van der Waals surface area contributed by atoms with Gasteiger partial charge in [-0.05, 0) is 18.8 Å². The Kier molecular flexibility index (Phi) is 4.26. The van der Waals surface area contributed by atoms with Gasteiger partial charge in [0.2, 0.25) is 10.0 Å². The number of Topliss-reactive ketones (excluding diaryl/α,β-unsaturated/α-hetero) is 1. The molecule has 19 heavy (non-hydrogen) atoms. The number of hydrogen-bond donors (Lipinski definition) is 0. The average molecular weight is 283 g/mol. The quantitative estimate of drug-likeness (QED) is 0.761. The summed E-state index contributed by atoms with van der Waals surface area (Å²) < 4.78 is 24.5. The number of sulfonamides is 1. The molecule has 0 aromatic carbocycles. The third kappa shape index (κ3) is 3.81. The third-order valence-corrected chi connectivity index (χ3v) is 4.58. The van der Waals surface area contributed by atoms with Crippen LogP contribution in [0.15, 0.2) is 18.7 Å². The second-order valence-electron chi connectivity index (χ2n) is 4.88. The van der Waals surface area contributed by atoms with Crippen LogP contribution in [0.1, 0.15) is 29.6 Å². The molecular weight excluding hydrogens is 266 g/mol. The molecule has 0 bridgehead atoms. The van der Waals surface area contributed by atoms with Crippen LogP contribution >= 0.6 is 0 Å². The number of nitrogens with zero attached hydrogens (tertiary/aromatic N) is 3. The molecule has 0 amide bonds. The lowest BCUT2D eigenvalue weighted by atomic mass is 9.92. The van der Waals surface area contributed by atoms with Gasteiger partial charge >= 0.3 is 0 Å². The number of piperidine rings is 1. The van der Waals surface area contributed by atoms with Gasteiger partial charge in [0.25, 0.3) is 0 Å². The van der Waals surface area contributed by atoms with Gasteiger partial charge in [0.15, 0.2) is 5.78 Å². The molecule has 0 saturated carbocycles. The van der Waals surface area contributed by atoms with Crippen LogP contribution in [0.25, 0.3) is 0 Å².